The van der Waals surface area contributed by atoms with Gasteiger partial charge in [0.15, 0.2) is 12.2 Å². The lowest BCUT2D eigenvalue weighted by molar-refractivity contribution is -0.384. The predicted molar refractivity (Wildman–Crippen MR) is 114 cm³/mol. The number of ether oxygens (including phenoxy) is 1. The van der Waals surface area contributed by atoms with Crippen LogP contribution in [0.15, 0.2) is 84.9 Å². The maximum Gasteiger partial charge on any atom is 0.269 e. The van der Waals surface area contributed by atoms with Crippen molar-refractivity contribution in [3.63, 3.8) is 0 Å². The number of nitro groups is 1. The molecule has 0 unspecified atom stereocenters. The highest BCUT2D eigenvalue weighted by Gasteiger charge is 2.52. The molecule has 0 radical (unpaired) electrons. The van der Waals surface area contributed by atoms with Crippen LogP contribution in [0.2, 0.25) is 0 Å². The standard InChI is InChI=1S/C23H19N3O5/c27-22(24-17-11-13-19(14-12-17)26(29)30)20-21(31-20)23(28)25(18-9-5-2-6-10-18)15-16-7-3-1-4-8-16/h1-14,20-21H,15H2,(H,24,27)/t20-,21-/m0/s1. The van der Waals surface area contributed by atoms with Crippen LogP contribution in [0.5, 0.6) is 0 Å². The molecule has 4 rings (SSSR count). The van der Waals surface area contributed by atoms with E-state index in [0.29, 0.717) is 17.9 Å². The molecule has 8 nitrogen and oxygen atoms in total. The first-order valence-corrected chi connectivity index (χ1v) is 9.64. The van der Waals surface area contributed by atoms with Gasteiger partial charge in [-0.2, -0.15) is 0 Å². The summed E-state index contributed by atoms with van der Waals surface area (Å²) in [6, 6.07) is 24.2. The Bertz CT molecular complexity index is 1090. The predicted octanol–water partition coefficient (Wildman–Crippen LogP) is 3.53. The zero-order valence-electron chi connectivity index (χ0n) is 16.4. The van der Waals surface area contributed by atoms with E-state index in [1.807, 2.05) is 60.7 Å². The van der Waals surface area contributed by atoms with Gasteiger partial charge in [-0.3, -0.25) is 19.7 Å². The van der Waals surface area contributed by atoms with E-state index in [9.17, 15) is 19.7 Å². The highest BCUT2D eigenvalue weighted by molar-refractivity contribution is 6.06. The maximum atomic E-state index is 13.1. The molecule has 1 fully saturated rings. The highest BCUT2D eigenvalue weighted by Crippen LogP contribution is 2.29. The molecule has 31 heavy (non-hydrogen) atoms. The first kappa shape index (κ1) is 20.2. The van der Waals surface area contributed by atoms with Gasteiger partial charge >= 0.3 is 0 Å². The van der Waals surface area contributed by atoms with Crippen LogP contribution in [0.1, 0.15) is 5.56 Å². The summed E-state index contributed by atoms with van der Waals surface area (Å²) in [6.07, 6.45) is -1.80. The number of nitro benzene ring substituents is 1. The number of nitrogens with zero attached hydrogens (tertiary/aromatic N) is 2. The number of anilines is 2. The minimum Gasteiger partial charge on any atom is -0.349 e. The Morgan fingerprint density at radius 2 is 1.52 bits per heavy atom. The fourth-order valence-electron chi connectivity index (χ4n) is 3.20. The van der Waals surface area contributed by atoms with E-state index in [-0.39, 0.29) is 11.6 Å². The summed E-state index contributed by atoms with van der Waals surface area (Å²) >= 11 is 0. The number of amides is 2. The zero-order chi connectivity index (χ0) is 21.8. The van der Waals surface area contributed by atoms with Crippen molar-refractivity contribution in [2.24, 2.45) is 0 Å². The SMILES string of the molecule is O=C(Nc1ccc([N+](=O)[O-])cc1)[C@H]1O[C@@H]1C(=O)N(Cc1ccccc1)c1ccccc1. The van der Waals surface area contributed by atoms with Gasteiger partial charge in [0, 0.05) is 23.5 Å². The summed E-state index contributed by atoms with van der Waals surface area (Å²) < 4.78 is 5.40. The van der Waals surface area contributed by atoms with Gasteiger partial charge in [-0.05, 0) is 29.8 Å². The largest absolute Gasteiger partial charge is 0.349 e. The topological polar surface area (TPSA) is 105 Å². The Balaban J connectivity index is 1.44. The van der Waals surface area contributed by atoms with Crippen LogP contribution >= 0.6 is 0 Å². The van der Waals surface area contributed by atoms with E-state index in [0.717, 1.165) is 5.56 Å². The Morgan fingerprint density at radius 3 is 2.13 bits per heavy atom. The van der Waals surface area contributed by atoms with Gasteiger partial charge in [0.05, 0.1) is 11.5 Å². The van der Waals surface area contributed by atoms with E-state index in [2.05, 4.69) is 5.32 Å². The fraction of sp³-hybridized carbons (Fsp3) is 0.130. The summed E-state index contributed by atoms with van der Waals surface area (Å²) in [6.45, 7) is 0.347. The Kier molecular flexibility index (Phi) is 5.72. The normalized spacial score (nSPS) is 16.9. The average Bonchev–Trinajstić information content (AvgIpc) is 3.60. The van der Waals surface area contributed by atoms with Crippen LogP contribution < -0.4 is 10.2 Å². The van der Waals surface area contributed by atoms with Crippen molar-refractivity contribution < 1.29 is 19.2 Å². The van der Waals surface area contributed by atoms with Crippen molar-refractivity contribution in [1.82, 2.24) is 0 Å². The second-order valence-corrected chi connectivity index (χ2v) is 7.02. The first-order valence-electron chi connectivity index (χ1n) is 9.64. The van der Waals surface area contributed by atoms with Crippen molar-refractivity contribution in [3.8, 4) is 0 Å². The van der Waals surface area contributed by atoms with Crippen molar-refractivity contribution in [1.29, 1.82) is 0 Å². The smallest absolute Gasteiger partial charge is 0.269 e. The van der Waals surface area contributed by atoms with Crippen molar-refractivity contribution >= 4 is 28.9 Å². The molecule has 2 atom stereocenters. The first-order chi connectivity index (χ1) is 15.0. The summed E-state index contributed by atoms with van der Waals surface area (Å²) in [5.41, 5.74) is 1.98. The third-order valence-corrected chi connectivity index (χ3v) is 4.86. The summed E-state index contributed by atoms with van der Waals surface area (Å²) in [7, 11) is 0. The summed E-state index contributed by atoms with van der Waals surface area (Å²) in [4.78, 5) is 37.4. The molecular formula is C23H19N3O5. The van der Waals surface area contributed by atoms with Gasteiger partial charge in [0.1, 0.15) is 0 Å². The molecule has 1 aliphatic heterocycles. The molecule has 1 heterocycles. The average molecular weight is 417 g/mol. The number of nitrogens with one attached hydrogen (secondary N) is 1. The number of rotatable bonds is 7. The molecule has 0 aliphatic carbocycles. The molecule has 156 valence electrons. The van der Waals surface area contributed by atoms with Gasteiger partial charge in [-0.15, -0.1) is 0 Å². The molecular weight excluding hydrogens is 398 g/mol. The number of non-ortho nitro benzene ring substituents is 1. The maximum absolute atomic E-state index is 13.1. The molecule has 0 aromatic heterocycles. The number of epoxide rings is 1. The number of carbonyl (C=O) groups excluding carboxylic acids is 2. The second-order valence-electron chi connectivity index (χ2n) is 7.02. The molecule has 8 heteroatoms. The highest BCUT2D eigenvalue weighted by atomic mass is 16.6. The number of carbonyl (C=O) groups is 2. The van der Waals surface area contributed by atoms with Crippen LogP contribution in [-0.4, -0.2) is 28.9 Å². The van der Waals surface area contributed by atoms with Crippen molar-refractivity contribution in [2.45, 2.75) is 18.8 Å². The lowest BCUT2D eigenvalue weighted by atomic mass is 10.1. The zero-order valence-corrected chi connectivity index (χ0v) is 16.4. The summed E-state index contributed by atoms with van der Waals surface area (Å²) in [5.74, 6) is -0.779. The van der Waals surface area contributed by atoms with E-state index >= 15 is 0 Å². The van der Waals surface area contributed by atoms with E-state index in [4.69, 9.17) is 4.74 Å². The monoisotopic (exact) mass is 417 g/mol. The molecule has 1 saturated heterocycles. The van der Waals surface area contributed by atoms with Crippen LogP contribution in [0.4, 0.5) is 17.1 Å². The van der Waals surface area contributed by atoms with E-state index in [1.165, 1.54) is 24.3 Å². The molecule has 1 aliphatic rings. The van der Waals surface area contributed by atoms with Gasteiger partial charge in [-0.1, -0.05) is 48.5 Å². The number of hydrogen-bond acceptors (Lipinski definition) is 5. The molecule has 0 spiro atoms. The van der Waals surface area contributed by atoms with E-state index < -0.39 is 23.0 Å². The second kappa shape index (κ2) is 8.76. The van der Waals surface area contributed by atoms with Crippen molar-refractivity contribution in [3.05, 3.63) is 101 Å². The molecule has 0 saturated carbocycles. The van der Waals surface area contributed by atoms with Gasteiger partial charge in [0.2, 0.25) is 0 Å². The fourth-order valence-corrected chi connectivity index (χ4v) is 3.20. The van der Waals surface area contributed by atoms with Crippen LogP contribution in [0.25, 0.3) is 0 Å². The molecule has 0 bridgehead atoms. The molecule has 3 aromatic rings. The number of para-hydroxylation sites is 1. The van der Waals surface area contributed by atoms with Crippen molar-refractivity contribution in [2.75, 3.05) is 10.2 Å². The molecule has 2 amide bonds. The minimum absolute atomic E-state index is 0.0758. The van der Waals surface area contributed by atoms with Crippen LogP contribution in [0, 0.1) is 10.1 Å². The number of hydrogen-bond donors (Lipinski definition) is 1. The third kappa shape index (κ3) is 4.76. The minimum atomic E-state index is -0.912. The van der Waals surface area contributed by atoms with Crippen LogP contribution in [-0.2, 0) is 20.9 Å². The third-order valence-electron chi connectivity index (χ3n) is 4.86. The molecule has 1 N–H and O–H groups in total. The number of benzene rings is 3. The Hall–Kier alpha value is -4.04. The lowest BCUT2D eigenvalue weighted by Gasteiger charge is -2.22. The van der Waals surface area contributed by atoms with E-state index in [1.54, 1.807) is 4.90 Å². The van der Waals surface area contributed by atoms with Gasteiger partial charge < -0.3 is 15.0 Å². The van der Waals surface area contributed by atoms with Crippen LogP contribution in [0.3, 0.4) is 0 Å². The Labute approximate surface area is 178 Å². The summed E-state index contributed by atoms with van der Waals surface area (Å²) in [5, 5.41) is 13.4. The quantitative estimate of drug-likeness (QED) is 0.360. The molecule has 3 aromatic carbocycles. The Morgan fingerprint density at radius 1 is 0.903 bits per heavy atom. The van der Waals surface area contributed by atoms with Gasteiger partial charge in [0.25, 0.3) is 17.5 Å². The lowest BCUT2D eigenvalue weighted by Crippen LogP contribution is -2.36. The van der Waals surface area contributed by atoms with Gasteiger partial charge in [-0.25, -0.2) is 0 Å².